The molecule has 136 valence electrons. The number of primary amides is 1. The van der Waals surface area contributed by atoms with Crippen LogP contribution in [0.15, 0.2) is 65.5 Å². The zero-order valence-corrected chi connectivity index (χ0v) is 14.1. The van der Waals surface area contributed by atoms with Crippen LogP contribution >= 0.6 is 0 Å². The summed E-state index contributed by atoms with van der Waals surface area (Å²) in [6.07, 6.45) is 0. The Hall–Kier alpha value is -3.81. The highest BCUT2D eigenvalue weighted by molar-refractivity contribution is 5.94. The number of nitrogens with two attached hydrogens (primary N) is 1. The zero-order chi connectivity index (χ0) is 19.4. The SMILES string of the molecule is NC(=O)c1ccc(NC(=O)Cn2nc(-c3ccccc3F)ccc2=O)cc1. The maximum Gasteiger partial charge on any atom is 0.267 e. The van der Waals surface area contributed by atoms with E-state index in [4.69, 9.17) is 5.73 Å². The van der Waals surface area contributed by atoms with Crippen LogP contribution in [0.3, 0.4) is 0 Å². The molecule has 0 saturated carbocycles. The quantitative estimate of drug-likeness (QED) is 0.718. The van der Waals surface area contributed by atoms with Gasteiger partial charge in [-0.3, -0.25) is 14.4 Å². The number of nitrogens with zero attached hydrogens (tertiary/aromatic N) is 2. The van der Waals surface area contributed by atoms with Crippen LogP contribution in [-0.4, -0.2) is 21.6 Å². The lowest BCUT2D eigenvalue weighted by atomic mass is 10.1. The molecule has 0 bridgehead atoms. The molecule has 7 nitrogen and oxygen atoms in total. The summed E-state index contributed by atoms with van der Waals surface area (Å²) in [6, 6.07) is 14.6. The molecule has 0 fully saturated rings. The fourth-order valence-corrected chi connectivity index (χ4v) is 2.43. The molecule has 3 N–H and O–H groups in total. The van der Waals surface area contributed by atoms with Crippen molar-refractivity contribution in [2.24, 2.45) is 5.73 Å². The zero-order valence-electron chi connectivity index (χ0n) is 14.1. The van der Waals surface area contributed by atoms with Gasteiger partial charge in [0.05, 0.1) is 5.69 Å². The molecular formula is C19H15FN4O3. The van der Waals surface area contributed by atoms with Crippen molar-refractivity contribution in [3.63, 3.8) is 0 Å². The predicted octanol–water partition coefficient (Wildman–Crippen LogP) is 1.79. The van der Waals surface area contributed by atoms with Crippen molar-refractivity contribution < 1.29 is 14.0 Å². The summed E-state index contributed by atoms with van der Waals surface area (Å²) >= 11 is 0. The van der Waals surface area contributed by atoms with Gasteiger partial charge in [-0.2, -0.15) is 5.10 Å². The minimum atomic E-state index is -0.575. The number of carbonyl (C=O) groups is 2. The average molecular weight is 366 g/mol. The van der Waals surface area contributed by atoms with Gasteiger partial charge in [-0.15, -0.1) is 0 Å². The Balaban J connectivity index is 1.78. The Kier molecular flexibility index (Phi) is 5.07. The van der Waals surface area contributed by atoms with Gasteiger partial charge in [-0.25, -0.2) is 9.07 Å². The van der Waals surface area contributed by atoms with Crippen LogP contribution in [0.25, 0.3) is 11.3 Å². The maximum atomic E-state index is 13.9. The van der Waals surface area contributed by atoms with E-state index in [1.165, 1.54) is 48.5 Å². The van der Waals surface area contributed by atoms with E-state index in [0.717, 1.165) is 4.68 Å². The van der Waals surface area contributed by atoms with Crippen molar-refractivity contribution in [3.8, 4) is 11.3 Å². The van der Waals surface area contributed by atoms with Crippen LogP contribution in [0.1, 0.15) is 10.4 Å². The van der Waals surface area contributed by atoms with Gasteiger partial charge < -0.3 is 11.1 Å². The van der Waals surface area contributed by atoms with E-state index >= 15 is 0 Å². The molecular weight excluding hydrogens is 351 g/mol. The first-order valence-corrected chi connectivity index (χ1v) is 7.97. The van der Waals surface area contributed by atoms with Crippen LogP contribution in [0.4, 0.5) is 10.1 Å². The summed E-state index contributed by atoms with van der Waals surface area (Å²) < 4.78 is 14.9. The Morgan fingerprint density at radius 2 is 1.74 bits per heavy atom. The first-order valence-electron chi connectivity index (χ1n) is 7.97. The Bertz CT molecular complexity index is 1060. The summed E-state index contributed by atoms with van der Waals surface area (Å²) in [5, 5.41) is 6.65. The minimum absolute atomic E-state index is 0.230. The Labute approximate surface area is 153 Å². The molecule has 0 aliphatic rings. The fraction of sp³-hybridized carbons (Fsp3) is 0.0526. The first-order chi connectivity index (χ1) is 12.9. The lowest BCUT2D eigenvalue weighted by Gasteiger charge is -2.09. The van der Waals surface area contributed by atoms with E-state index in [1.807, 2.05) is 0 Å². The third kappa shape index (κ3) is 4.24. The summed E-state index contributed by atoms with van der Waals surface area (Å²) in [6.45, 7) is -0.349. The standard InChI is InChI=1S/C19H15FN4O3/c20-15-4-2-1-3-14(15)16-9-10-18(26)24(23-16)11-17(25)22-13-7-5-12(6-8-13)19(21)27/h1-10H,11H2,(H2,21,27)(H,22,25). The molecule has 0 aliphatic heterocycles. The van der Waals surface area contributed by atoms with Gasteiger partial charge in [0.2, 0.25) is 11.8 Å². The topological polar surface area (TPSA) is 107 Å². The van der Waals surface area contributed by atoms with Crippen molar-refractivity contribution in [2.45, 2.75) is 6.54 Å². The molecule has 0 unspecified atom stereocenters. The van der Waals surface area contributed by atoms with Crippen molar-refractivity contribution >= 4 is 17.5 Å². The monoisotopic (exact) mass is 366 g/mol. The van der Waals surface area contributed by atoms with E-state index in [9.17, 15) is 18.8 Å². The van der Waals surface area contributed by atoms with Gasteiger partial charge in [0.15, 0.2) is 0 Å². The number of amides is 2. The molecule has 1 aromatic heterocycles. The van der Waals surface area contributed by atoms with Crippen LogP contribution < -0.4 is 16.6 Å². The van der Waals surface area contributed by atoms with E-state index in [0.29, 0.717) is 11.3 Å². The van der Waals surface area contributed by atoms with Crippen molar-refractivity contribution in [2.75, 3.05) is 5.32 Å². The van der Waals surface area contributed by atoms with Crippen LogP contribution in [0.5, 0.6) is 0 Å². The molecule has 3 aromatic rings. The van der Waals surface area contributed by atoms with Gasteiger partial charge in [-0.05, 0) is 42.5 Å². The molecule has 0 saturated heterocycles. The summed E-state index contributed by atoms with van der Waals surface area (Å²) in [7, 11) is 0. The molecule has 2 aromatic carbocycles. The molecule has 0 spiro atoms. The Morgan fingerprint density at radius 1 is 1.04 bits per heavy atom. The number of halogens is 1. The van der Waals surface area contributed by atoms with Gasteiger partial charge >= 0.3 is 0 Å². The molecule has 1 heterocycles. The third-order valence-corrected chi connectivity index (χ3v) is 3.76. The summed E-state index contributed by atoms with van der Waals surface area (Å²) in [5.41, 5.74) is 5.88. The number of anilines is 1. The molecule has 0 radical (unpaired) electrons. The van der Waals surface area contributed by atoms with Crippen molar-refractivity contribution in [1.29, 1.82) is 0 Å². The lowest BCUT2D eigenvalue weighted by molar-refractivity contribution is -0.117. The Morgan fingerprint density at radius 3 is 2.41 bits per heavy atom. The molecule has 0 aliphatic carbocycles. The second-order valence-corrected chi connectivity index (χ2v) is 5.68. The van der Waals surface area contributed by atoms with Crippen LogP contribution in [0, 0.1) is 5.82 Å². The summed E-state index contributed by atoms with van der Waals surface area (Å²) in [4.78, 5) is 35.2. The fourth-order valence-electron chi connectivity index (χ4n) is 2.43. The maximum absolute atomic E-state index is 13.9. The number of carbonyl (C=O) groups excluding carboxylic acids is 2. The van der Waals surface area contributed by atoms with Crippen molar-refractivity contribution in [3.05, 3.63) is 82.4 Å². The molecule has 8 heteroatoms. The molecule has 3 rings (SSSR count). The normalized spacial score (nSPS) is 10.4. The van der Waals surface area contributed by atoms with Gasteiger partial charge in [0.25, 0.3) is 5.56 Å². The van der Waals surface area contributed by atoms with Crippen LogP contribution in [0.2, 0.25) is 0 Å². The average Bonchev–Trinajstić information content (AvgIpc) is 2.64. The highest BCUT2D eigenvalue weighted by Crippen LogP contribution is 2.18. The lowest BCUT2D eigenvalue weighted by Crippen LogP contribution is -2.29. The van der Waals surface area contributed by atoms with Gasteiger partial charge in [0.1, 0.15) is 12.4 Å². The third-order valence-electron chi connectivity index (χ3n) is 3.76. The van der Waals surface area contributed by atoms with Crippen LogP contribution in [-0.2, 0) is 11.3 Å². The van der Waals surface area contributed by atoms with E-state index in [-0.39, 0.29) is 17.8 Å². The number of benzene rings is 2. The number of aromatic nitrogens is 2. The minimum Gasteiger partial charge on any atom is -0.366 e. The smallest absolute Gasteiger partial charge is 0.267 e. The van der Waals surface area contributed by atoms with E-state index in [2.05, 4.69) is 10.4 Å². The highest BCUT2D eigenvalue weighted by Gasteiger charge is 2.11. The number of hydrogen-bond donors (Lipinski definition) is 2. The first kappa shape index (κ1) is 18.0. The number of hydrogen-bond acceptors (Lipinski definition) is 4. The van der Waals surface area contributed by atoms with Gasteiger partial charge in [0, 0.05) is 22.9 Å². The predicted molar refractivity (Wildman–Crippen MR) is 97.5 cm³/mol. The van der Waals surface area contributed by atoms with Gasteiger partial charge in [-0.1, -0.05) is 12.1 Å². The molecule has 27 heavy (non-hydrogen) atoms. The van der Waals surface area contributed by atoms with E-state index < -0.39 is 23.2 Å². The molecule has 2 amide bonds. The second-order valence-electron chi connectivity index (χ2n) is 5.68. The second kappa shape index (κ2) is 7.61. The van der Waals surface area contributed by atoms with Crippen molar-refractivity contribution in [1.82, 2.24) is 9.78 Å². The van der Waals surface area contributed by atoms with E-state index in [1.54, 1.807) is 12.1 Å². The largest absolute Gasteiger partial charge is 0.366 e. The summed E-state index contributed by atoms with van der Waals surface area (Å²) in [5.74, 6) is -1.55. The molecule has 0 atom stereocenters. The highest BCUT2D eigenvalue weighted by atomic mass is 19.1. The number of nitrogens with one attached hydrogen (secondary N) is 1. The number of rotatable bonds is 5.